The fraction of sp³-hybridized carbons (Fsp3) is 0.167. The molecule has 3 aromatic rings. The van der Waals surface area contributed by atoms with Crippen LogP contribution in [-0.2, 0) is 20.8 Å². The predicted molar refractivity (Wildman–Crippen MR) is 96.7 cm³/mol. The van der Waals surface area contributed by atoms with Crippen molar-refractivity contribution in [2.45, 2.75) is 6.61 Å². The van der Waals surface area contributed by atoms with E-state index >= 15 is 0 Å². The molecule has 2 N–H and O–H groups in total. The van der Waals surface area contributed by atoms with Crippen LogP contribution in [0.15, 0.2) is 34.7 Å². The van der Waals surface area contributed by atoms with Crippen LogP contribution in [0.3, 0.4) is 0 Å². The summed E-state index contributed by atoms with van der Waals surface area (Å²) in [5.41, 5.74) is 6.47. The zero-order valence-corrected chi connectivity index (χ0v) is 15.3. The van der Waals surface area contributed by atoms with Gasteiger partial charge in [0.15, 0.2) is 0 Å². The van der Waals surface area contributed by atoms with Gasteiger partial charge in [-0.15, -0.1) is 11.3 Å². The molecule has 0 saturated carbocycles. The van der Waals surface area contributed by atoms with Gasteiger partial charge in [0, 0.05) is 10.9 Å². The lowest BCUT2D eigenvalue weighted by Crippen LogP contribution is -2.12. The van der Waals surface area contributed by atoms with Crippen LogP contribution in [0.25, 0.3) is 11.0 Å². The van der Waals surface area contributed by atoms with Crippen molar-refractivity contribution in [3.05, 3.63) is 52.1 Å². The number of hydrogen-bond donors (Lipinski definition) is 1. The van der Waals surface area contributed by atoms with Crippen molar-refractivity contribution in [2.75, 3.05) is 20.0 Å². The maximum Gasteiger partial charge on any atom is 0.374 e. The number of thiophene rings is 1. The third-order valence-electron chi connectivity index (χ3n) is 3.77. The van der Waals surface area contributed by atoms with Crippen LogP contribution in [0.5, 0.6) is 0 Å². The molecule has 9 heteroatoms. The van der Waals surface area contributed by atoms with E-state index in [-0.39, 0.29) is 33.4 Å². The number of ether oxygens (including phenoxy) is 3. The second kappa shape index (κ2) is 7.50. The standard InChI is InChI=1S/C18H15NO7S/c1-23-17(21)13-10(14(18(22)24-2)27-15(13)19)8-25-16(20)12-7-9-5-3-4-6-11(9)26-12/h3-7H,8,19H2,1-2H3. The SMILES string of the molecule is COC(=O)c1sc(N)c(C(=O)OC)c1COC(=O)c1cc2ccccc2o1. The minimum atomic E-state index is -0.748. The quantitative estimate of drug-likeness (QED) is 0.523. The average molecular weight is 389 g/mol. The summed E-state index contributed by atoms with van der Waals surface area (Å²) in [4.78, 5) is 36.4. The Kier molecular flexibility index (Phi) is 5.13. The Morgan fingerprint density at radius 3 is 2.44 bits per heavy atom. The summed E-state index contributed by atoms with van der Waals surface area (Å²) in [6, 6.07) is 8.64. The molecule has 0 aliphatic heterocycles. The van der Waals surface area contributed by atoms with Gasteiger partial charge in [0.1, 0.15) is 27.6 Å². The first-order valence-electron chi connectivity index (χ1n) is 7.69. The predicted octanol–water partition coefficient (Wildman–Crippen LogP) is 3.01. The van der Waals surface area contributed by atoms with E-state index in [9.17, 15) is 14.4 Å². The molecule has 2 aromatic heterocycles. The molecule has 27 heavy (non-hydrogen) atoms. The molecule has 0 bridgehead atoms. The minimum absolute atomic E-state index is 0.00126. The number of anilines is 1. The van der Waals surface area contributed by atoms with Gasteiger partial charge < -0.3 is 24.4 Å². The highest BCUT2D eigenvalue weighted by Crippen LogP contribution is 2.33. The first-order chi connectivity index (χ1) is 13.0. The first kappa shape index (κ1) is 18.5. The molecular weight excluding hydrogens is 374 g/mol. The number of benzene rings is 1. The molecule has 0 spiro atoms. The van der Waals surface area contributed by atoms with Crippen LogP contribution < -0.4 is 5.73 Å². The normalized spacial score (nSPS) is 10.6. The molecule has 1 aromatic carbocycles. The van der Waals surface area contributed by atoms with Gasteiger partial charge in [-0.1, -0.05) is 18.2 Å². The Balaban J connectivity index is 1.88. The maximum absolute atomic E-state index is 12.3. The molecule has 0 aliphatic rings. The van der Waals surface area contributed by atoms with Crippen molar-refractivity contribution in [2.24, 2.45) is 0 Å². The van der Waals surface area contributed by atoms with Crippen molar-refractivity contribution >= 4 is 45.2 Å². The van der Waals surface area contributed by atoms with E-state index in [0.29, 0.717) is 5.58 Å². The van der Waals surface area contributed by atoms with Crippen molar-refractivity contribution in [1.29, 1.82) is 0 Å². The number of methoxy groups -OCH3 is 2. The molecule has 0 radical (unpaired) electrons. The number of nitrogen functional groups attached to an aromatic ring is 1. The van der Waals surface area contributed by atoms with Gasteiger partial charge in [0.25, 0.3) is 0 Å². The first-order valence-corrected chi connectivity index (χ1v) is 8.51. The topological polar surface area (TPSA) is 118 Å². The lowest BCUT2D eigenvalue weighted by atomic mass is 10.1. The largest absolute Gasteiger partial charge is 0.465 e. The Bertz CT molecular complexity index is 1000. The summed E-state index contributed by atoms with van der Waals surface area (Å²) < 4.78 is 20.1. The number of fused-ring (bicyclic) bond motifs is 1. The Morgan fingerprint density at radius 2 is 1.78 bits per heavy atom. The molecule has 0 fully saturated rings. The van der Waals surface area contributed by atoms with Crippen molar-refractivity contribution < 1.29 is 33.0 Å². The molecular formula is C18H15NO7S. The van der Waals surface area contributed by atoms with Gasteiger partial charge >= 0.3 is 17.9 Å². The molecule has 2 heterocycles. The molecule has 140 valence electrons. The lowest BCUT2D eigenvalue weighted by molar-refractivity contribution is 0.0422. The highest BCUT2D eigenvalue weighted by molar-refractivity contribution is 7.18. The van der Waals surface area contributed by atoms with Gasteiger partial charge in [-0.3, -0.25) is 0 Å². The zero-order chi connectivity index (χ0) is 19.6. The smallest absolute Gasteiger partial charge is 0.374 e. The van der Waals surface area contributed by atoms with E-state index in [1.54, 1.807) is 24.3 Å². The minimum Gasteiger partial charge on any atom is -0.465 e. The van der Waals surface area contributed by atoms with E-state index in [1.807, 2.05) is 6.07 Å². The maximum atomic E-state index is 12.3. The van der Waals surface area contributed by atoms with Crippen LogP contribution in [0.1, 0.15) is 36.1 Å². The Morgan fingerprint density at radius 1 is 1.07 bits per heavy atom. The van der Waals surface area contributed by atoms with Crippen LogP contribution >= 0.6 is 11.3 Å². The monoisotopic (exact) mass is 389 g/mol. The van der Waals surface area contributed by atoms with Gasteiger partial charge in [-0.05, 0) is 12.1 Å². The highest BCUT2D eigenvalue weighted by Gasteiger charge is 2.28. The van der Waals surface area contributed by atoms with Crippen LogP contribution in [0, 0.1) is 0 Å². The second-order valence-electron chi connectivity index (χ2n) is 5.36. The number of para-hydroxylation sites is 1. The summed E-state index contributed by atoms with van der Waals surface area (Å²) in [5, 5.41) is 0.812. The molecule has 0 amide bonds. The molecule has 0 unspecified atom stereocenters. The summed E-state index contributed by atoms with van der Waals surface area (Å²) >= 11 is 0.856. The Labute approximate surface area is 157 Å². The zero-order valence-electron chi connectivity index (χ0n) is 14.4. The fourth-order valence-corrected chi connectivity index (χ4v) is 3.48. The fourth-order valence-electron chi connectivity index (χ4n) is 2.50. The Hall–Kier alpha value is -3.33. The average Bonchev–Trinajstić information content (AvgIpc) is 3.25. The number of carbonyl (C=O) groups excluding carboxylic acids is 3. The van der Waals surface area contributed by atoms with E-state index in [1.165, 1.54) is 14.2 Å². The van der Waals surface area contributed by atoms with Gasteiger partial charge in [0.05, 0.1) is 14.2 Å². The number of nitrogens with two attached hydrogens (primary N) is 1. The van der Waals surface area contributed by atoms with E-state index in [4.69, 9.17) is 24.4 Å². The third kappa shape index (κ3) is 3.49. The molecule has 8 nitrogen and oxygen atoms in total. The van der Waals surface area contributed by atoms with Gasteiger partial charge in [-0.2, -0.15) is 0 Å². The number of carbonyl (C=O) groups is 3. The van der Waals surface area contributed by atoms with Crippen LogP contribution in [-0.4, -0.2) is 32.1 Å². The van der Waals surface area contributed by atoms with Gasteiger partial charge in [0.2, 0.25) is 5.76 Å². The summed E-state index contributed by atoms with van der Waals surface area (Å²) in [6.45, 7) is -0.377. The highest BCUT2D eigenvalue weighted by atomic mass is 32.1. The number of furan rings is 1. The molecule has 0 atom stereocenters. The van der Waals surface area contributed by atoms with Crippen molar-refractivity contribution in [3.8, 4) is 0 Å². The van der Waals surface area contributed by atoms with Gasteiger partial charge in [-0.25, -0.2) is 14.4 Å². The number of esters is 3. The lowest BCUT2D eigenvalue weighted by Gasteiger charge is -2.07. The summed E-state index contributed by atoms with van der Waals surface area (Å²) in [5.74, 6) is -2.19. The molecule has 3 rings (SSSR count). The van der Waals surface area contributed by atoms with Crippen LogP contribution in [0.2, 0.25) is 0 Å². The second-order valence-corrected chi connectivity index (χ2v) is 6.41. The van der Waals surface area contributed by atoms with E-state index in [2.05, 4.69) is 0 Å². The summed E-state index contributed by atoms with van der Waals surface area (Å²) in [7, 11) is 2.38. The van der Waals surface area contributed by atoms with E-state index in [0.717, 1.165) is 16.7 Å². The molecule has 0 saturated heterocycles. The summed E-state index contributed by atoms with van der Waals surface area (Å²) in [6.07, 6.45) is 0. The van der Waals surface area contributed by atoms with Crippen molar-refractivity contribution in [3.63, 3.8) is 0 Å². The van der Waals surface area contributed by atoms with Crippen molar-refractivity contribution in [1.82, 2.24) is 0 Å². The number of rotatable bonds is 5. The molecule has 0 aliphatic carbocycles. The van der Waals surface area contributed by atoms with Crippen LogP contribution in [0.4, 0.5) is 5.00 Å². The van der Waals surface area contributed by atoms with E-state index < -0.39 is 17.9 Å². The third-order valence-corrected chi connectivity index (χ3v) is 4.81. The number of hydrogen-bond acceptors (Lipinski definition) is 9.